The highest BCUT2D eigenvalue weighted by atomic mass is 16.5. The summed E-state index contributed by atoms with van der Waals surface area (Å²) in [5.74, 6) is -1.38. The summed E-state index contributed by atoms with van der Waals surface area (Å²) in [6, 6.07) is 12.5. The summed E-state index contributed by atoms with van der Waals surface area (Å²) in [4.78, 5) is 35.6. The lowest BCUT2D eigenvalue weighted by molar-refractivity contribution is -0.139. The first-order valence-electron chi connectivity index (χ1n) is 10.0. The van der Waals surface area contributed by atoms with Gasteiger partial charge in [-0.1, -0.05) is 31.2 Å². The van der Waals surface area contributed by atoms with Gasteiger partial charge < -0.3 is 15.4 Å². The molecule has 1 atom stereocenters. The molecule has 2 aromatic rings. The molecular weight excluding hydrogens is 396 g/mol. The normalized spacial score (nSPS) is 11.6. The number of anilines is 1. The quantitative estimate of drug-likeness (QED) is 0.344. The van der Waals surface area contributed by atoms with E-state index in [4.69, 9.17) is 4.74 Å². The average Bonchev–Trinajstić information content (AvgIpc) is 2.75. The number of benzene rings is 2. The molecule has 0 aliphatic rings. The maximum absolute atomic E-state index is 12.2. The highest BCUT2D eigenvalue weighted by molar-refractivity contribution is 6.35. The average molecular weight is 425 g/mol. The summed E-state index contributed by atoms with van der Waals surface area (Å²) < 4.78 is 5.55. The molecule has 0 heterocycles. The first-order chi connectivity index (χ1) is 14.8. The van der Waals surface area contributed by atoms with Gasteiger partial charge in [-0.25, -0.2) is 5.43 Å². The first kappa shape index (κ1) is 23.6. The lowest BCUT2D eigenvalue weighted by Crippen LogP contribution is -2.41. The third-order valence-corrected chi connectivity index (χ3v) is 4.68. The minimum absolute atomic E-state index is 0.0944. The van der Waals surface area contributed by atoms with Crippen molar-refractivity contribution < 1.29 is 19.1 Å². The molecule has 3 amide bonds. The first-order valence-corrected chi connectivity index (χ1v) is 10.0. The summed E-state index contributed by atoms with van der Waals surface area (Å²) in [7, 11) is 0. The molecule has 0 bridgehead atoms. The van der Waals surface area contributed by atoms with E-state index in [2.05, 4.69) is 21.2 Å². The van der Waals surface area contributed by atoms with E-state index in [0.717, 1.165) is 23.2 Å². The lowest BCUT2D eigenvalue weighted by Gasteiger charge is -2.11. The molecule has 0 aliphatic carbocycles. The molecule has 31 heavy (non-hydrogen) atoms. The molecule has 0 saturated heterocycles. The molecule has 0 unspecified atom stereocenters. The molecule has 0 fully saturated rings. The van der Waals surface area contributed by atoms with Gasteiger partial charge in [0.1, 0.15) is 5.75 Å². The Balaban J connectivity index is 1.86. The number of nitrogens with zero attached hydrogens (tertiary/aromatic N) is 1. The zero-order valence-electron chi connectivity index (χ0n) is 18.2. The Morgan fingerprint density at radius 2 is 1.84 bits per heavy atom. The molecule has 8 nitrogen and oxygen atoms in total. The fraction of sp³-hybridized carbons (Fsp3) is 0.304. The molecule has 0 radical (unpaired) electrons. The fourth-order valence-electron chi connectivity index (χ4n) is 2.51. The van der Waals surface area contributed by atoms with Crippen LogP contribution in [0.2, 0.25) is 0 Å². The smallest absolute Gasteiger partial charge is 0.329 e. The number of hydrazone groups is 1. The van der Waals surface area contributed by atoms with E-state index in [1.807, 2.05) is 45.9 Å². The zero-order chi connectivity index (χ0) is 22.8. The van der Waals surface area contributed by atoms with Crippen molar-refractivity contribution in [2.75, 3.05) is 11.9 Å². The van der Waals surface area contributed by atoms with E-state index in [1.165, 1.54) is 6.21 Å². The van der Waals surface area contributed by atoms with Gasteiger partial charge in [-0.3, -0.25) is 14.4 Å². The van der Waals surface area contributed by atoms with Crippen LogP contribution in [0.3, 0.4) is 0 Å². The molecular formula is C23H28N4O4. The van der Waals surface area contributed by atoms with E-state index in [9.17, 15) is 14.4 Å². The van der Waals surface area contributed by atoms with Gasteiger partial charge in [0.05, 0.1) is 6.21 Å². The highest BCUT2D eigenvalue weighted by Crippen LogP contribution is 2.18. The summed E-state index contributed by atoms with van der Waals surface area (Å²) in [5, 5.41) is 9.18. The minimum Gasteiger partial charge on any atom is -0.484 e. The van der Waals surface area contributed by atoms with E-state index in [-0.39, 0.29) is 18.6 Å². The minimum atomic E-state index is -0.841. The third kappa shape index (κ3) is 7.58. The largest absolute Gasteiger partial charge is 0.484 e. The summed E-state index contributed by atoms with van der Waals surface area (Å²) in [6.45, 7) is 7.49. The Morgan fingerprint density at radius 1 is 1.10 bits per heavy atom. The van der Waals surface area contributed by atoms with Crippen LogP contribution < -0.4 is 20.8 Å². The molecule has 3 N–H and O–H groups in total. The number of ether oxygens (including phenoxy) is 1. The third-order valence-electron chi connectivity index (χ3n) is 4.68. The lowest BCUT2D eigenvalue weighted by atomic mass is 10.1. The van der Waals surface area contributed by atoms with Gasteiger partial charge >= 0.3 is 11.8 Å². The Hall–Kier alpha value is -3.68. The van der Waals surface area contributed by atoms with Crippen LogP contribution in [0.1, 0.15) is 37.0 Å². The van der Waals surface area contributed by atoms with Gasteiger partial charge in [0.2, 0.25) is 0 Å². The number of amides is 3. The molecule has 2 rings (SSSR count). The van der Waals surface area contributed by atoms with Crippen molar-refractivity contribution in [3.8, 4) is 5.75 Å². The van der Waals surface area contributed by atoms with Crippen molar-refractivity contribution in [1.82, 2.24) is 10.7 Å². The topological polar surface area (TPSA) is 109 Å². The van der Waals surface area contributed by atoms with Crippen LogP contribution in [0.4, 0.5) is 5.69 Å². The van der Waals surface area contributed by atoms with Crippen molar-refractivity contribution in [2.45, 2.75) is 40.2 Å². The van der Waals surface area contributed by atoms with Crippen molar-refractivity contribution in [2.24, 2.45) is 5.10 Å². The van der Waals surface area contributed by atoms with Crippen LogP contribution in [0, 0.1) is 13.8 Å². The monoisotopic (exact) mass is 424 g/mol. The number of carbonyl (C=O) groups excluding carboxylic acids is 3. The molecule has 164 valence electrons. The highest BCUT2D eigenvalue weighted by Gasteiger charge is 2.14. The van der Waals surface area contributed by atoms with Gasteiger partial charge in [0.25, 0.3) is 5.91 Å². The summed E-state index contributed by atoms with van der Waals surface area (Å²) in [5.41, 5.74) is 5.67. The zero-order valence-corrected chi connectivity index (χ0v) is 18.2. The summed E-state index contributed by atoms with van der Waals surface area (Å²) >= 11 is 0. The van der Waals surface area contributed by atoms with Gasteiger partial charge in [-0.15, -0.1) is 0 Å². The molecule has 0 aliphatic heterocycles. The maximum Gasteiger partial charge on any atom is 0.329 e. The number of aryl methyl sites for hydroxylation is 1. The van der Waals surface area contributed by atoms with E-state index in [1.54, 1.807) is 24.3 Å². The van der Waals surface area contributed by atoms with Gasteiger partial charge in [-0.05, 0) is 62.1 Å². The van der Waals surface area contributed by atoms with Crippen LogP contribution in [0.25, 0.3) is 0 Å². The van der Waals surface area contributed by atoms with Crippen molar-refractivity contribution in [3.63, 3.8) is 0 Å². The second kappa shape index (κ2) is 11.5. The predicted octanol–water partition coefficient (Wildman–Crippen LogP) is 2.69. The maximum atomic E-state index is 12.2. The van der Waals surface area contributed by atoms with Gasteiger partial charge in [-0.2, -0.15) is 5.10 Å². The van der Waals surface area contributed by atoms with Gasteiger partial charge in [0, 0.05) is 11.7 Å². The van der Waals surface area contributed by atoms with Crippen LogP contribution in [0.5, 0.6) is 5.75 Å². The van der Waals surface area contributed by atoms with Crippen molar-refractivity contribution in [1.29, 1.82) is 0 Å². The number of hydrogen-bond donors (Lipinski definition) is 3. The van der Waals surface area contributed by atoms with E-state index >= 15 is 0 Å². The molecule has 8 heteroatoms. The van der Waals surface area contributed by atoms with Crippen LogP contribution in [0.15, 0.2) is 47.6 Å². The predicted molar refractivity (Wildman–Crippen MR) is 120 cm³/mol. The molecule has 2 aromatic carbocycles. The number of nitrogens with one attached hydrogen (secondary N) is 3. The standard InChI is InChI=1S/C23H28N4O4/c1-5-16(3)25-22(29)23(30)27-24-13-18-9-7-10-19(12-18)31-14-21(28)26-20-11-6-8-15(2)17(20)4/h6-13,16H,5,14H2,1-4H3,(H,25,29)(H,26,28)(H,27,30)/b24-13-/t16-/m0/s1. The Kier molecular flexibility index (Phi) is 8.75. The van der Waals surface area contributed by atoms with Crippen LogP contribution >= 0.6 is 0 Å². The van der Waals surface area contributed by atoms with Crippen molar-refractivity contribution >= 4 is 29.6 Å². The number of carbonyl (C=O) groups is 3. The Morgan fingerprint density at radius 3 is 2.58 bits per heavy atom. The molecule has 0 saturated carbocycles. The Bertz CT molecular complexity index is 972. The van der Waals surface area contributed by atoms with Crippen LogP contribution in [-0.4, -0.2) is 36.6 Å². The van der Waals surface area contributed by atoms with Crippen molar-refractivity contribution in [3.05, 3.63) is 59.2 Å². The summed E-state index contributed by atoms with van der Waals surface area (Å²) in [6.07, 6.45) is 2.11. The molecule has 0 aromatic heterocycles. The fourth-order valence-corrected chi connectivity index (χ4v) is 2.51. The Labute approximate surface area is 182 Å². The number of hydrogen-bond acceptors (Lipinski definition) is 5. The van der Waals surface area contributed by atoms with Gasteiger partial charge in [0.15, 0.2) is 6.61 Å². The molecule has 0 spiro atoms. The SMILES string of the molecule is CC[C@H](C)NC(=O)C(=O)N/N=C\c1cccc(OCC(=O)Nc2cccc(C)c2C)c1. The second-order valence-corrected chi connectivity index (χ2v) is 7.14. The van der Waals surface area contributed by atoms with Crippen LogP contribution in [-0.2, 0) is 14.4 Å². The number of rotatable bonds is 8. The van der Waals surface area contributed by atoms with E-state index in [0.29, 0.717) is 11.3 Å². The second-order valence-electron chi connectivity index (χ2n) is 7.14. The van der Waals surface area contributed by atoms with E-state index < -0.39 is 11.8 Å².